The zero-order valence-corrected chi connectivity index (χ0v) is 41.9. The van der Waals surface area contributed by atoms with Crippen LogP contribution in [0.2, 0.25) is 0 Å². The van der Waals surface area contributed by atoms with Crippen LogP contribution in [0.15, 0.2) is 128 Å². The molecule has 2 aromatic carbocycles. The van der Waals surface area contributed by atoms with Crippen LogP contribution in [0.1, 0.15) is 68.6 Å². The number of likely N-dealkylation sites (N-methyl/N-ethyl adjacent to an activating group) is 3. The molecule has 360 valence electrons. The van der Waals surface area contributed by atoms with Crippen molar-refractivity contribution in [1.29, 1.82) is 0 Å². The quantitative estimate of drug-likeness (QED) is 0.153. The average Bonchev–Trinajstić information content (AvgIpc) is 3.97. The minimum absolute atomic E-state index is 0.578. The number of pyridine rings is 4. The number of hydrogen-bond donors (Lipinski definition) is 1. The third-order valence-electron chi connectivity index (χ3n) is 14.9. The summed E-state index contributed by atoms with van der Waals surface area (Å²) in [7, 11) is 6.57. The molecule has 11 nitrogen and oxygen atoms in total. The number of benzene rings is 2. The second-order valence-electron chi connectivity index (χ2n) is 20.2. The van der Waals surface area contributed by atoms with Crippen molar-refractivity contribution in [3.63, 3.8) is 0 Å². The maximum Gasteiger partial charge on any atom is 0.105 e. The van der Waals surface area contributed by atoms with Gasteiger partial charge in [-0.25, -0.2) is 0 Å². The van der Waals surface area contributed by atoms with Crippen molar-refractivity contribution >= 4 is 32.8 Å². The third-order valence-corrected chi connectivity index (χ3v) is 14.9. The van der Waals surface area contributed by atoms with Crippen molar-refractivity contribution in [3.8, 4) is 0 Å². The van der Waals surface area contributed by atoms with Gasteiger partial charge < -0.3 is 33.5 Å². The first-order valence-corrected chi connectivity index (χ1v) is 25.1. The van der Waals surface area contributed by atoms with Gasteiger partial charge in [0.25, 0.3) is 0 Å². The van der Waals surface area contributed by atoms with Crippen LogP contribution in [0, 0.1) is 13.8 Å². The topological polar surface area (TPSA) is 96.3 Å². The molecule has 0 fully saturated rings. The van der Waals surface area contributed by atoms with E-state index in [1.54, 1.807) is 0 Å². The Morgan fingerprint density at radius 1 is 0.543 bits per heavy atom. The SMILES string of the molecule is CN1CCc2c(c3ccncc3n2CCc2ccccn2)C1.CN1CCc2c(c3ncccc3n2CCc2ccncc2)C1.Cc1ccc(C(C)(O)Cn2c3c(c4cc(C)ccc42)CN(C)CC3)cc1. The molecule has 7 aromatic heterocycles. The molecule has 0 amide bonds. The smallest absolute Gasteiger partial charge is 0.105 e. The van der Waals surface area contributed by atoms with E-state index in [4.69, 9.17) is 0 Å². The van der Waals surface area contributed by atoms with Crippen LogP contribution in [-0.4, -0.2) is 94.2 Å². The summed E-state index contributed by atoms with van der Waals surface area (Å²) in [5, 5.41) is 14.0. The number of nitrogens with zero attached hydrogens (tertiary/aromatic N) is 10. The molecule has 1 N–H and O–H groups in total. The Labute approximate surface area is 413 Å². The van der Waals surface area contributed by atoms with Crippen LogP contribution in [0.5, 0.6) is 0 Å². The zero-order chi connectivity index (χ0) is 48.4. The van der Waals surface area contributed by atoms with E-state index in [-0.39, 0.29) is 0 Å². The average molecular weight is 933 g/mol. The third kappa shape index (κ3) is 9.94. The molecule has 12 rings (SSSR count). The van der Waals surface area contributed by atoms with Crippen LogP contribution in [0.4, 0.5) is 0 Å². The summed E-state index contributed by atoms with van der Waals surface area (Å²) >= 11 is 0. The summed E-state index contributed by atoms with van der Waals surface area (Å²) in [5.74, 6) is 0. The fourth-order valence-corrected chi connectivity index (χ4v) is 11.1. The number of aryl methyl sites for hydroxylation is 6. The number of rotatable bonds is 9. The summed E-state index contributed by atoms with van der Waals surface area (Å²) in [6.45, 7) is 15.0. The summed E-state index contributed by atoms with van der Waals surface area (Å²) in [6, 6.07) is 31.7. The van der Waals surface area contributed by atoms with E-state index < -0.39 is 5.60 Å². The van der Waals surface area contributed by atoms with Gasteiger partial charge in [0.05, 0.1) is 29.3 Å². The van der Waals surface area contributed by atoms with Crippen molar-refractivity contribution < 1.29 is 5.11 Å². The maximum absolute atomic E-state index is 11.3. The van der Waals surface area contributed by atoms with Gasteiger partial charge >= 0.3 is 0 Å². The van der Waals surface area contributed by atoms with Gasteiger partial charge in [-0.15, -0.1) is 0 Å². The molecular weight excluding hydrogens is 865 g/mol. The van der Waals surface area contributed by atoms with Gasteiger partial charge in [0.1, 0.15) is 5.60 Å². The van der Waals surface area contributed by atoms with E-state index in [9.17, 15) is 5.11 Å². The van der Waals surface area contributed by atoms with Crippen LogP contribution >= 0.6 is 0 Å². The lowest BCUT2D eigenvalue weighted by molar-refractivity contribution is 0.0385. The molecule has 11 heteroatoms. The highest BCUT2D eigenvalue weighted by atomic mass is 16.3. The molecule has 3 aliphatic heterocycles. The molecule has 0 aliphatic carbocycles. The second kappa shape index (κ2) is 20.5. The zero-order valence-electron chi connectivity index (χ0n) is 41.9. The number of fused-ring (bicyclic) bond motifs is 9. The lowest BCUT2D eigenvalue weighted by atomic mass is 9.94. The molecule has 3 aliphatic rings. The predicted molar refractivity (Wildman–Crippen MR) is 283 cm³/mol. The number of aromatic nitrogens is 7. The fourth-order valence-electron chi connectivity index (χ4n) is 11.1. The van der Waals surface area contributed by atoms with Gasteiger partial charge in [0, 0.05) is 154 Å². The van der Waals surface area contributed by atoms with E-state index in [1.165, 1.54) is 83.3 Å². The highest BCUT2D eigenvalue weighted by molar-refractivity contribution is 5.87. The maximum atomic E-state index is 11.3. The standard InChI is InChI=1S/C23H28N2O.2C18H20N4/c1-16-5-8-18(9-6-16)23(3,26)15-25-21-10-7-17(2)13-19(21)20-14-24(4)12-11-22(20)25;1-21-11-7-16-15(13-21)18-17(3-2-8-20-18)22(16)12-6-14-4-9-19-10-5-14;1-21-10-7-17-16(13-21)15-5-9-19-12-18(15)22(17)11-6-14-4-2-3-8-20-14/h5-10,13,26H,11-12,14-15H2,1-4H3;2-5,8-10H,6-7,11-13H2,1H3;2-5,8-9,12H,6-7,10-11,13H2,1H3. The van der Waals surface area contributed by atoms with Crippen LogP contribution in [0.3, 0.4) is 0 Å². The Hall–Kier alpha value is -6.50. The largest absolute Gasteiger partial charge is 0.384 e. The van der Waals surface area contributed by atoms with E-state index in [1.807, 2.05) is 68.4 Å². The molecular formula is C59H68N10O. The lowest BCUT2D eigenvalue weighted by Crippen LogP contribution is -2.31. The van der Waals surface area contributed by atoms with E-state index in [2.05, 4.69) is 150 Å². The van der Waals surface area contributed by atoms with Crippen molar-refractivity contribution in [2.75, 3.05) is 40.8 Å². The van der Waals surface area contributed by atoms with Gasteiger partial charge in [-0.05, 0) is 125 Å². The molecule has 1 unspecified atom stereocenters. The first-order chi connectivity index (χ1) is 34.0. The Kier molecular flexibility index (Phi) is 13.8. The van der Waals surface area contributed by atoms with Gasteiger partial charge in [-0.2, -0.15) is 0 Å². The number of hydrogen-bond acceptors (Lipinski definition) is 8. The van der Waals surface area contributed by atoms with Gasteiger partial charge in [0.15, 0.2) is 0 Å². The molecule has 70 heavy (non-hydrogen) atoms. The summed E-state index contributed by atoms with van der Waals surface area (Å²) < 4.78 is 7.29. The molecule has 10 heterocycles. The van der Waals surface area contributed by atoms with Crippen molar-refractivity contribution in [2.45, 2.75) is 97.7 Å². The van der Waals surface area contributed by atoms with E-state index >= 15 is 0 Å². The minimum Gasteiger partial charge on any atom is -0.384 e. The summed E-state index contributed by atoms with van der Waals surface area (Å²) in [6.07, 6.45) is 16.7. The lowest BCUT2D eigenvalue weighted by Gasteiger charge is -2.29. The highest BCUT2D eigenvalue weighted by Crippen LogP contribution is 2.35. The Bertz CT molecular complexity index is 3090. The molecule has 0 radical (unpaired) electrons. The fraction of sp³-hybridized carbons (Fsp3) is 0.356. The highest BCUT2D eigenvalue weighted by Gasteiger charge is 2.30. The van der Waals surface area contributed by atoms with Crippen LogP contribution < -0.4 is 0 Å². The first kappa shape index (κ1) is 47.2. The van der Waals surface area contributed by atoms with E-state index in [0.717, 1.165) is 95.7 Å². The van der Waals surface area contributed by atoms with Crippen molar-refractivity contribution in [1.82, 2.24) is 48.3 Å². The minimum atomic E-state index is -0.901. The van der Waals surface area contributed by atoms with Gasteiger partial charge in [-0.1, -0.05) is 47.5 Å². The molecule has 1 atom stereocenters. The summed E-state index contributed by atoms with van der Waals surface area (Å²) in [5.41, 5.74) is 18.7. The predicted octanol–water partition coefficient (Wildman–Crippen LogP) is 9.48. The Morgan fingerprint density at radius 3 is 1.87 bits per heavy atom. The molecule has 0 saturated heterocycles. The van der Waals surface area contributed by atoms with E-state index in [0.29, 0.717) is 6.54 Å². The number of aliphatic hydroxyl groups is 1. The molecule has 9 aromatic rings. The molecule has 0 bridgehead atoms. The van der Waals surface area contributed by atoms with Gasteiger partial charge in [-0.3, -0.25) is 19.9 Å². The normalized spacial score (nSPS) is 15.9. The summed E-state index contributed by atoms with van der Waals surface area (Å²) in [4.78, 5) is 24.7. The first-order valence-electron chi connectivity index (χ1n) is 25.1. The molecule has 0 saturated carbocycles. The Morgan fingerprint density at radius 2 is 1.16 bits per heavy atom. The molecule has 0 spiro atoms. The second-order valence-corrected chi connectivity index (χ2v) is 20.2. The van der Waals surface area contributed by atoms with Crippen LogP contribution in [0.25, 0.3) is 32.8 Å². The Balaban J connectivity index is 0.000000122. The van der Waals surface area contributed by atoms with Crippen molar-refractivity contribution in [3.05, 3.63) is 190 Å². The monoisotopic (exact) mass is 933 g/mol. The van der Waals surface area contributed by atoms with Gasteiger partial charge in [0.2, 0.25) is 0 Å². The van der Waals surface area contributed by atoms with Crippen LogP contribution in [-0.2, 0) is 77.0 Å². The van der Waals surface area contributed by atoms with Crippen molar-refractivity contribution in [2.24, 2.45) is 0 Å².